The molecule has 0 amide bonds. The third-order valence-electron chi connectivity index (χ3n) is 2.67. The Hall–Kier alpha value is -1.33. The Morgan fingerprint density at radius 2 is 2.33 bits per heavy atom. The lowest BCUT2D eigenvalue weighted by molar-refractivity contribution is 0.561. The molecule has 1 unspecified atom stereocenters. The zero-order valence-corrected chi connectivity index (χ0v) is 11.3. The average Bonchev–Trinajstić information content (AvgIpc) is 2.86. The van der Waals surface area contributed by atoms with Gasteiger partial charge in [-0.15, -0.1) is 11.3 Å². The molecule has 2 heterocycles. The molecular weight excluding hydrogens is 249 g/mol. The van der Waals surface area contributed by atoms with Crippen LogP contribution < -0.4 is 5.32 Å². The zero-order valence-electron chi connectivity index (χ0n) is 10.5. The minimum absolute atomic E-state index is 0.194. The molecule has 0 aromatic carbocycles. The van der Waals surface area contributed by atoms with Gasteiger partial charge in [0.05, 0.1) is 11.9 Å². The van der Waals surface area contributed by atoms with Gasteiger partial charge < -0.3 is 5.32 Å². The van der Waals surface area contributed by atoms with Gasteiger partial charge in [0, 0.05) is 23.2 Å². The second-order valence-electron chi connectivity index (χ2n) is 4.11. The number of thiazole rings is 1. The Bertz CT molecular complexity index is 512. The number of nitrogens with zero attached hydrogens (tertiary/aromatic N) is 2. The van der Waals surface area contributed by atoms with E-state index in [4.69, 9.17) is 0 Å². The van der Waals surface area contributed by atoms with Crippen LogP contribution in [-0.2, 0) is 0 Å². The van der Waals surface area contributed by atoms with Crippen LogP contribution in [0.5, 0.6) is 0 Å². The highest BCUT2D eigenvalue weighted by Crippen LogP contribution is 2.27. The summed E-state index contributed by atoms with van der Waals surface area (Å²) in [4.78, 5) is 8.22. The first-order valence-corrected chi connectivity index (χ1v) is 6.89. The Morgan fingerprint density at radius 1 is 1.50 bits per heavy atom. The van der Waals surface area contributed by atoms with Gasteiger partial charge in [-0.25, -0.2) is 9.37 Å². The van der Waals surface area contributed by atoms with E-state index in [9.17, 15) is 4.39 Å². The topological polar surface area (TPSA) is 37.8 Å². The summed E-state index contributed by atoms with van der Waals surface area (Å²) in [5.74, 6) is -0.326. The first-order chi connectivity index (χ1) is 8.72. The van der Waals surface area contributed by atoms with Gasteiger partial charge in [-0.3, -0.25) is 4.98 Å². The van der Waals surface area contributed by atoms with Crippen LogP contribution in [-0.4, -0.2) is 16.5 Å². The van der Waals surface area contributed by atoms with E-state index in [1.165, 1.54) is 17.5 Å². The summed E-state index contributed by atoms with van der Waals surface area (Å²) < 4.78 is 13.6. The number of rotatable bonds is 5. The molecule has 0 fully saturated rings. The van der Waals surface area contributed by atoms with Crippen molar-refractivity contribution in [1.29, 1.82) is 0 Å². The molecule has 0 aliphatic heterocycles. The first kappa shape index (κ1) is 13.1. The minimum Gasteiger partial charge on any atom is -0.309 e. The lowest BCUT2D eigenvalue weighted by Crippen LogP contribution is -2.19. The van der Waals surface area contributed by atoms with Crippen LogP contribution in [0.4, 0.5) is 4.39 Å². The van der Waals surface area contributed by atoms with Gasteiger partial charge in [0.25, 0.3) is 0 Å². The quantitative estimate of drug-likeness (QED) is 0.900. The predicted molar refractivity (Wildman–Crippen MR) is 72.0 cm³/mol. The van der Waals surface area contributed by atoms with E-state index in [0.717, 1.165) is 18.7 Å². The number of hydrogen-bond donors (Lipinski definition) is 1. The SMILES string of the molecule is CCCNC(C)c1csc(-c2ccncc2F)n1. The van der Waals surface area contributed by atoms with Crippen LogP contribution in [0.3, 0.4) is 0 Å². The van der Waals surface area contributed by atoms with Gasteiger partial charge in [0.15, 0.2) is 5.82 Å². The van der Waals surface area contributed by atoms with Gasteiger partial charge in [-0.1, -0.05) is 6.92 Å². The largest absolute Gasteiger partial charge is 0.309 e. The van der Waals surface area contributed by atoms with Crippen molar-refractivity contribution < 1.29 is 4.39 Å². The van der Waals surface area contributed by atoms with Gasteiger partial charge in [0.1, 0.15) is 5.01 Å². The van der Waals surface area contributed by atoms with Crippen molar-refractivity contribution in [1.82, 2.24) is 15.3 Å². The normalized spacial score (nSPS) is 12.6. The Morgan fingerprint density at radius 3 is 3.06 bits per heavy atom. The summed E-state index contributed by atoms with van der Waals surface area (Å²) in [6.45, 7) is 5.15. The van der Waals surface area contributed by atoms with Gasteiger partial charge in [0.2, 0.25) is 0 Å². The number of hydrogen-bond acceptors (Lipinski definition) is 4. The lowest BCUT2D eigenvalue weighted by atomic mass is 10.2. The molecule has 0 saturated carbocycles. The van der Waals surface area contributed by atoms with Crippen LogP contribution in [0.15, 0.2) is 23.8 Å². The molecule has 1 atom stereocenters. The fourth-order valence-corrected chi connectivity index (χ4v) is 2.56. The molecule has 96 valence electrons. The molecule has 2 aromatic heterocycles. The molecule has 3 nitrogen and oxygen atoms in total. The van der Waals surface area contributed by atoms with Gasteiger partial charge >= 0.3 is 0 Å². The highest BCUT2D eigenvalue weighted by molar-refractivity contribution is 7.13. The number of pyridine rings is 1. The van der Waals surface area contributed by atoms with E-state index in [-0.39, 0.29) is 11.9 Å². The maximum Gasteiger partial charge on any atom is 0.151 e. The van der Waals surface area contributed by atoms with Crippen LogP contribution in [0.25, 0.3) is 10.6 Å². The van der Waals surface area contributed by atoms with E-state index in [2.05, 4.69) is 29.1 Å². The monoisotopic (exact) mass is 265 g/mol. The number of aromatic nitrogens is 2. The van der Waals surface area contributed by atoms with E-state index in [1.807, 2.05) is 5.38 Å². The second-order valence-corrected chi connectivity index (χ2v) is 4.97. The molecule has 0 spiro atoms. The first-order valence-electron chi connectivity index (χ1n) is 6.01. The molecule has 5 heteroatoms. The Labute approximate surface area is 110 Å². The van der Waals surface area contributed by atoms with Crippen molar-refractivity contribution in [2.45, 2.75) is 26.3 Å². The highest BCUT2D eigenvalue weighted by Gasteiger charge is 2.12. The van der Waals surface area contributed by atoms with Crippen molar-refractivity contribution in [3.63, 3.8) is 0 Å². The van der Waals surface area contributed by atoms with Crippen molar-refractivity contribution in [2.24, 2.45) is 0 Å². The molecular formula is C13H16FN3S. The van der Waals surface area contributed by atoms with Crippen LogP contribution in [0, 0.1) is 5.82 Å². The fourth-order valence-electron chi connectivity index (χ4n) is 1.62. The molecule has 0 saturated heterocycles. The van der Waals surface area contributed by atoms with Crippen LogP contribution in [0.2, 0.25) is 0 Å². The Kier molecular flexibility index (Phi) is 4.38. The molecule has 0 aliphatic rings. The third kappa shape index (κ3) is 2.91. The maximum atomic E-state index is 13.6. The standard InChI is InChI=1S/C13H16FN3S/c1-3-5-16-9(2)12-8-18-13(17-12)10-4-6-15-7-11(10)14/h4,6-9,16H,3,5H2,1-2H3. The second kappa shape index (κ2) is 6.02. The van der Waals surface area contributed by atoms with E-state index < -0.39 is 0 Å². The summed E-state index contributed by atoms with van der Waals surface area (Å²) >= 11 is 1.46. The number of nitrogens with one attached hydrogen (secondary N) is 1. The van der Waals surface area contributed by atoms with Gasteiger partial charge in [-0.05, 0) is 26.0 Å². The van der Waals surface area contributed by atoms with Crippen molar-refractivity contribution in [2.75, 3.05) is 6.54 Å². The zero-order chi connectivity index (χ0) is 13.0. The maximum absolute atomic E-state index is 13.6. The minimum atomic E-state index is -0.326. The fraction of sp³-hybridized carbons (Fsp3) is 0.385. The molecule has 1 N–H and O–H groups in total. The third-order valence-corrected chi connectivity index (χ3v) is 3.56. The molecule has 0 aliphatic carbocycles. The summed E-state index contributed by atoms with van der Waals surface area (Å²) in [5.41, 5.74) is 1.48. The highest BCUT2D eigenvalue weighted by atomic mass is 32.1. The summed E-state index contributed by atoms with van der Waals surface area (Å²) in [7, 11) is 0. The van der Waals surface area contributed by atoms with Crippen molar-refractivity contribution >= 4 is 11.3 Å². The number of halogens is 1. The van der Waals surface area contributed by atoms with Crippen molar-refractivity contribution in [3.8, 4) is 10.6 Å². The summed E-state index contributed by atoms with van der Waals surface area (Å²) in [5, 5.41) is 6.04. The smallest absolute Gasteiger partial charge is 0.151 e. The van der Waals surface area contributed by atoms with Gasteiger partial charge in [-0.2, -0.15) is 0 Å². The molecule has 2 rings (SSSR count). The molecule has 0 bridgehead atoms. The molecule has 2 aromatic rings. The lowest BCUT2D eigenvalue weighted by Gasteiger charge is -2.09. The van der Waals surface area contributed by atoms with E-state index in [1.54, 1.807) is 12.3 Å². The summed E-state index contributed by atoms with van der Waals surface area (Å²) in [6, 6.07) is 1.85. The van der Waals surface area contributed by atoms with Crippen molar-refractivity contribution in [3.05, 3.63) is 35.4 Å². The molecule has 18 heavy (non-hydrogen) atoms. The van der Waals surface area contributed by atoms with E-state index in [0.29, 0.717) is 10.6 Å². The Balaban J connectivity index is 2.18. The van der Waals surface area contributed by atoms with Crippen LogP contribution in [0.1, 0.15) is 32.0 Å². The molecule has 0 radical (unpaired) electrons. The van der Waals surface area contributed by atoms with Crippen LogP contribution >= 0.6 is 11.3 Å². The average molecular weight is 265 g/mol. The predicted octanol–water partition coefficient (Wildman–Crippen LogP) is 3.40. The summed E-state index contributed by atoms with van der Waals surface area (Å²) in [6.07, 6.45) is 3.88. The van der Waals surface area contributed by atoms with E-state index >= 15 is 0 Å².